The molecule has 0 aliphatic carbocycles. The highest BCUT2D eigenvalue weighted by atomic mass is 32.1. The number of pyridine rings is 1. The molecule has 0 amide bonds. The van der Waals surface area contributed by atoms with Crippen LogP contribution in [0.15, 0.2) is 24.4 Å². The maximum atomic E-state index is 10.4. The van der Waals surface area contributed by atoms with Gasteiger partial charge in [0.05, 0.1) is 10.8 Å². The Labute approximate surface area is 58.3 Å². The number of hydrogen-bond acceptors (Lipinski definition) is 3. The molecular weight excluding hydrogens is 134 g/mol. The zero-order valence-corrected chi connectivity index (χ0v) is 5.39. The Bertz CT molecular complexity index is 210. The number of hydrogen-bond donors (Lipinski definition) is 0. The zero-order chi connectivity index (χ0) is 6.69. The third kappa shape index (κ3) is 1.47. The second-order valence-electron chi connectivity index (χ2n) is 1.50. The van der Waals surface area contributed by atoms with E-state index in [1.54, 1.807) is 24.4 Å². The smallest absolute Gasteiger partial charge is 0.0828 e. The number of carbonyl (C=O) groups is 1. The molecule has 0 bridgehead atoms. The molecule has 9 heavy (non-hydrogen) atoms. The molecule has 0 N–H and O–H groups in total. The average Bonchev–Trinajstić information content (AvgIpc) is 1.90. The van der Waals surface area contributed by atoms with Crippen molar-refractivity contribution in [2.45, 2.75) is 0 Å². The van der Waals surface area contributed by atoms with Gasteiger partial charge in [-0.25, -0.2) is 0 Å². The average molecular weight is 138 g/mol. The van der Waals surface area contributed by atoms with E-state index in [2.05, 4.69) is 17.6 Å². The van der Waals surface area contributed by atoms with E-state index in [1.807, 2.05) is 0 Å². The zero-order valence-electron chi connectivity index (χ0n) is 4.57. The number of carbonyl (C=O) groups excluding carboxylic acids is 1. The van der Waals surface area contributed by atoms with Crippen LogP contribution >= 0.6 is 0 Å². The first-order chi connectivity index (χ1) is 4.30. The lowest BCUT2D eigenvalue weighted by Crippen LogP contribution is -1.94. The third-order valence-corrected chi connectivity index (χ3v) is 1.08. The normalized spacial score (nSPS) is 8.89. The summed E-state index contributed by atoms with van der Waals surface area (Å²) in [5.41, 5.74) is 0.340. The quantitative estimate of drug-likeness (QED) is 0.537. The summed E-state index contributed by atoms with van der Waals surface area (Å²) < 4.78 is 0. The summed E-state index contributed by atoms with van der Waals surface area (Å²) >= 11 is 4.34. The van der Waals surface area contributed by atoms with Crippen molar-refractivity contribution in [3.05, 3.63) is 30.1 Å². The fourth-order valence-electron chi connectivity index (χ4n) is 0.484. The molecule has 0 saturated carbocycles. The van der Waals surface area contributed by atoms with Crippen LogP contribution in [0.4, 0.5) is 0 Å². The molecule has 0 atom stereocenters. The Morgan fingerprint density at radius 1 is 1.56 bits per heavy atom. The van der Waals surface area contributed by atoms with Gasteiger partial charge in [0.15, 0.2) is 0 Å². The highest BCUT2D eigenvalue weighted by Gasteiger charge is 1.86. The van der Waals surface area contributed by atoms with Crippen molar-refractivity contribution < 1.29 is 4.79 Å². The van der Waals surface area contributed by atoms with E-state index in [4.69, 9.17) is 0 Å². The van der Waals surface area contributed by atoms with Gasteiger partial charge in [-0.3, -0.25) is 4.98 Å². The van der Waals surface area contributed by atoms with Crippen molar-refractivity contribution in [1.82, 2.24) is 4.98 Å². The molecule has 0 aliphatic heterocycles. The molecule has 1 rings (SSSR count). The molecule has 1 heterocycles. The van der Waals surface area contributed by atoms with Crippen LogP contribution in [0.5, 0.6) is 0 Å². The molecule has 3 heteroatoms. The van der Waals surface area contributed by atoms with Gasteiger partial charge >= 0.3 is 0 Å². The van der Waals surface area contributed by atoms with E-state index in [0.29, 0.717) is 5.69 Å². The minimum atomic E-state index is -0.407. The van der Waals surface area contributed by atoms with Crippen LogP contribution in [-0.4, -0.2) is 10.1 Å². The van der Waals surface area contributed by atoms with Crippen LogP contribution in [0.25, 0.3) is 0 Å². The van der Waals surface area contributed by atoms with Gasteiger partial charge in [-0.05, 0) is 12.1 Å². The Hall–Kier alpha value is -0.960. The predicted molar refractivity (Wildman–Crippen MR) is 35.9 cm³/mol. The molecule has 0 radical (unpaired) electrons. The van der Waals surface area contributed by atoms with Crippen molar-refractivity contribution in [2.75, 3.05) is 0 Å². The molecule has 0 aromatic carbocycles. The summed E-state index contributed by atoms with van der Waals surface area (Å²) in [5, 5.41) is -0.407. The Balaban J connectivity index is 2.98. The van der Waals surface area contributed by atoms with Crippen LogP contribution < -0.4 is 0 Å². The van der Waals surface area contributed by atoms with Gasteiger partial charge in [0.2, 0.25) is 0 Å². The summed E-state index contributed by atoms with van der Waals surface area (Å²) in [6, 6.07) is 5.06. The maximum Gasteiger partial charge on any atom is 0.0828 e. The number of rotatable bonds is 1. The summed E-state index contributed by atoms with van der Waals surface area (Å²) in [4.78, 5) is 14.1. The lowest BCUT2D eigenvalue weighted by Gasteiger charge is -1.99. The fraction of sp³-hybridized carbons (Fsp3) is 0. The van der Waals surface area contributed by atoms with Crippen molar-refractivity contribution >= 4 is 17.7 Å². The van der Waals surface area contributed by atoms with Gasteiger partial charge < -0.3 is 17.4 Å². The second kappa shape index (κ2) is 2.55. The van der Waals surface area contributed by atoms with Crippen molar-refractivity contribution in [3.63, 3.8) is 0 Å². The molecule has 0 saturated heterocycles. The van der Waals surface area contributed by atoms with Gasteiger partial charge in [-0.15, -0.1) is 0 Å². The molecule has 2 nitrogen and oxygen atoms in total. The highest BCUT2D eigenvalue weighted by molar-refractivity contribution is 7.77. The SMILES string of the molecule is O=C([S-])c1ccccn1. The lowest BCUT2D eigenvalue weighted by molar-refractivity contribution is 0.108. The molecule has 0 aliphatic rings. The molecule has 1 aromatic heterocycles. The predicted octanol–water partition coefficient (Wildman–Crippen LogP) is 0.769. The van der Waals surface area contributed by atoms with Crippen LogP contribution in [0.1, 0.15) is 10.5 Å². The fourth-order valence-corrected chi connectivity index (χ4v) is 0.604. The first kappa shape index (κ1) is 6.16. The molecule has 0 spiro atoms. The van der Waals surface area contributed by atoms with Crippen LogP contribution in [-0.2, 0) is 12.6 Å². The van der Waals surface area contributed by atoms with Crippen LogP contribution in [0.2, 0.25) is 0 Å². The number of aromatic nitrogens is 1. The van der Waals surface area contributed by atoms with E-state index in [1.165, 1.54) is 0 Å². The van der Waals surface area contributed by atoms with Crippen molar-refractivity contribution in [2.24, 2.45) is 0 Å². The summed E-state index contributed by atoms with van der Waals surface area (Å²) in [7, 11) is 0. The largest absolute Gasteiger partial charge is 0.735 e. The van der Waals surface area contributed by atoms with E-state index >= 15 is 0 Å². The lowest BCUT2D eigenvalue weighted by atomic mass is 10.4. The van der Waals surface area contributed by atoms with E-state index < -0.39 is 5.12 Å². The van der Waals surface area contributed by atoms with Gasteiger partial charge in [-0.2, -0.15) is 0 Å². The van der Waals surface area contributed by atoms with Crippen LogP contribution in [0.3, 0.4) is 0 Å². The highest BCUT2D eigenvalue weighted by Crippen LogP contribution is 1.91. The van der Waals surface area contributed by atoms with Gasteiger partial charge in [0, 0.05) is 6.20 Å². The van der Waals surface area contributed by atoms with Crippen LogP contribution in [0, 0.1) is 0 Å². The summed E-state index contributed by atoms with van der Waals surface area (Å²) in [6.07, 6.45) is 1.54. The second-order valence-corrected chi connectivity index (χ2v) is 1.87. The molecular formula is C6H4NOS-. The first-order valence-electron chi connectivity index (χ1n) is 2.43. The first-order valence-corrected chi connectivity index (χ1v) is 2.84. The van der Waals surface area contributed by atoms with E-state index in [-0.39, 0.29) is 0 Å². The van der Waals surface area contributed by atoms with Gasteiger partial charge in [0.1, 0.15) is 0 Å². The number of nitrogens with zero attached hydrogens (tertiary/aromatic N) is 1. The minimum absolute atomic E-state index is 0.340. The van der Waals surface area contributed by atoms with E-state index in [0.717, 1.165) is 0 Å². The van der Waals surface area contributed by atoms with Gasteiger partial charge in [-0.1, -0.05) is 6.07 Å². The standard InChI is InChI=1S/C6H5NOS/c8-6(9)5-3-1-2-4-7-5/h1-4H,(H,8,9)/p-1. The third-order valence-electron chi connectivity index (χ3n) is 0.874. The topological polar surface area (TPSA) is 30.0 Å². The Morgan fingerprint density at radius 3 is 2.67 bits per heavy atom. The monoisotopic (exact) mass is 138 g/mol. The maximum absolute atomic E-state index is 10.4. The minimum Gasteiger partial charge on any atom is -0.735 e. The summed E-state index contributed by atoms with van der Waals surface area (Å²) in [6.45, 7) is 0. The molecule has 0 fully saturated rings. The van der Waals surface area contributed by atoms with Crippen molar-refractivity contribution in [1.29, 1.82) is 0 Å². The molecule has 1 aromatic rings. The van der Waals surface area contributed by atoms with E-state index in [9.17, 15) is 4.79 Å². The van der Waals surface area contributed by atoms with Gasteiger partial charge in [0.25, 0.3) is 0 Å². The molecule has 46 valence electrons. The Kier molecular flexibility index (Phi) is 1.75. The Morgan fingerprint density at radius 2 is 2.33 bits per heavy atom. The van der Waals surface area contributed by atoms with Crippen molar-refractivity contribution in [3.8, 4) is 0 Å². The molecule has 0 unspecified atom stereocenters. The summed E-state index contributed by atoms with van der Waals surface area (Å²) in [5.74, 6) is 0.